The predicted molar refractivity (Wildman–Crippen MR) is 94.4 cm³/mol. The highest BCUT2D eigenvalue weighted by atomic mass is 16.5. The molecule has 0 atom stereocenters. The number of benzene rings is 1. The Kier molecular flexibility index (Phi) is 4.38. The number of amides is 1. The van der Waals surface area contributed by atoms with E-state index in [1.54, 1.807) is 23.5 Å². The second-order valence-electron chi connectivity index (χ2n) is 5.61. The average Bonchev–Trinajstić information content (AvgIpc) is 2.91. The van der Waals surface area contributed by atoms with Crippen LogP contribution in [-0.4, -0.2) is 33.7 Å². The van der Waals surface area contributed by atoms with E-state index in [1.165, 1.54) is 19.4 Å². The third-order valence-electron chi connectivity index (χ3n) is 3.74. The highest BCUT2D eigenvalue weighted by Gasteiger charge is 2.16. The molecule has 0 aliphatic carbocycles. The molecule has 0 fully saturated rings. The van der Waals surface area contributed by atoms with Crippen LogP contribution in [-0.2, 0) is 0 Å². The smallest absolute Gasteiger partial charge is 0.290 e. The molecule has 2 heterocycles. The van der Waals surface area contributed by atoms with E-state index in [0.717, 1.165) is 5.56 Å². The van der Waals surface area contributed by atoms with Crippen molar-refractivity contribution in [2.24, 2.45) is 5.10 Å². The molecular formula is C18H18N4O3. The summed E-state index contributed by atoms with van der Waals surface area (Å²) >= 11 is 0. The number of rotatable bonds is 4. The van der Waals surface area contributed by atoms with Crippen LogP contribution >= 0.6 is 0 Å². The maximum Gasteiger partial charge on any atom is 0.290 e. The number of hydrazone groups is 1. The van der Waals surface area contributed by atoms with Crippen molar-refractivity contribution < 1.29 is 14.6 Å². The first-order valence-electron chi connectivity index (χ1n) is 7.65. The number of aryl methyl sites for hydroxylation is 2. The van der Waals surface area contributed by atoms with E-state index in [-0.39, 0.29) is 11.7 Å². The summed E-state index contributed by atoms with van der Waals surface area (Å²) in [5.74, 6) is 0.0291. The summed E-state index contributed by atoms with van der Waals surface area (Å²) in [6, 6.07) is 8.59. The molecule has 0 radical (unpaired) electrons. The largest absolute Gasteiger partial charge is 0.504 e. The van der Waals surface area contributed by atoms with Gasteiger partial charge in [0, 0.05) is 6.20 Å². The molecule has 0 saturated carbocycles. The van der Waals surface area contributed by atoms with Gasteiger partial charge >= 0.3 is 0 Å². The van der Waals surface area contributed by atoms with Crippen LogP contribution in [0.2, 0.25) is 0 Å². The molecule has 0 saturated heterocycles. The van der Waals surface area contributed by atoms with Gasteiger partial charge in [0.25, 0.3) is 5.91 Å². The highest BCUT2D eigenvalue weighted by Crippen LogP contribution is 2.25. The van der Waals surface area contributed by atoms with Crippen LogP contribution in [0.3, 0.4) is 0 Å². The zero-order chi connectivity index (χ0) is 18.0. The third kappa shape index (κ3) is 3.30. The molecule has 0 bridgehead atoms. The molecule has 128 valence electrons. The number of nitrogens with one attached hydrogen (secondary N) is 1. The van der Waals surface area contributed by atoms with E-state index in [9.17, 15) is 9.90 Å². The Hall–Kier alpha value is -3.35. The number of phenolic OH excluding ortho intramolecular Hbond substituents is 1. The number of aromatic hydroxyl groups is 1. The van der Waals surface area contributed by atoms with Crippen LogP contribution in [0.25, 0.3) is 5.65 Å². The average molecular weight is 338 g/mol. The molecule has 1 amide bonds. The number of aromatic nitrogens is 2. The van der Waals surface area contributed by atoms with Crippen LogP contribution in [0.5, 0.6) is 11.5 Å². The van der Waals surface area contributed by atoms with E-state index < -0.39 is 0 Å². The molecule has 2 N–H and O–H groups in total. The summed E-state index contributed by atoms with van der Waals surface area (Å²) in [6.45, 7) is 3.73. The number of methoxy groups -OCH3 is 1. The molecule has 7 heteroatoms. The summed E-state index contributed by atoms with van der Waals surface area (Å²) in [5, 5.41) is 13.5. The number of pyridine rings is 1. The van der Waals surface area contributed by atoms with E-state index >= 15 is 0 Å². The Bertz CT molecular complexity index is 976. The van der Waals surface area contributed by atoms with Gasteiger partial charge in [-0.2, -0.15) is 5.10 Å². The standard InChI is InChI=1S/C18H18N4O3/c1-11-4-7-16-20-12(2)17(22(16)10-11)18(24)21-19-9-13-5-6-14(23)15(8-13)25-3/h4-10,23H,1-3H3,(H,21,24)/b19-9-. The summed E-state index contributed by atoms with van der Waals surface area (Å²) in [6.07, 6.45) is 3.34. The first-order chi connectivity index (χ1) is 12.0. The SMILES string of the molecule is COc1cc(/C=N\NC(=O)c2c(C)nc3ccc(C)cn23)ccc1O. The second kappa shape index (κ2) is 6.64. The maximum atomic E-state index is 12.5. The lowest BCUT2D eigenvalue weighted by Gasteiger charge is -2.04. The normalized spacial score (nSPS) is 11.2. The Labute approximate surface area is 144 Å². The van der Waals surface area contributed by atoms with Crippen molar-refractivity contribution in [3.8, 4) is 11.5 Å². The first kappa shape index (κ1) is 16.5. The van der Waals surface area contributed by atoms with Gasteiger partial charge in [-0.05, 0) is 49.2 Å². The molecule has 0 spiro atoms. The number of nitrogens with zero attached hydrogens (tertiary/aromatic N) is 3. The van der Waals surface area contributed by atoms with E-state index in [0.29, 0.717) is 28.3 Å². The lowest BCUT2D eigenvalue weighted by molar-refractivity contribution is 0.0948. The number of carbonyl (C=O) groups excluding carboxylic acids is 1. The van der Waals surface area contributed by atoms with Gasteiger partial charge in [-0.1, -0.05) is 6.07 Å². The van der Waals surface area contributed by atoms with Crippen molar-refractivity contribution >= 4 is 17.8 Å². The third-order valence-corrected chi connectivity index (χ3v) is 3.74. The molecule has 2 aromatic heterocycles. The Morgan fingerprint density at radius 2 is 2.12 bits per heavy atom. The second-order valence-corrected chi connectivity index (χ2v) is 5.61. The van der Waals surface area contributed by atoms with Crippen LogP contribution in [0, 0.1) is 13.8 Å². The predicted octanol–water partition coefficient (Wildman–Crippen LogP) is 2.43. The molecule has 0 aliphatic heterocycles. The Morgan fingerprint density at radius 1 is 1.32 bits per heavy atom. The minimum absolute atomic E-state index is 0.0420. The number of hydrogen-bond donors (Lipinski definition) is 2. The highest BCUT2D eigenvalue weighted by molar-refractivity contribution is 5.95. The van der Waals surface area contributed by atoms with Crippen molar-refractivity contribution in [3.63, 3.8) is 0 Å². The van der Waals surface area contributed by atoms with E-state index in [4.69, 9.17) is 4.74 Å². The molecule has 3 aromatic rings. The molecule has 0 unspecified atom stereocenters. The van der Waals surface area contributed by atoms with Gasteiger partial charge in [-0.3, -0.25) is 9.20 Å². The topological polar surface area (TPSA) is 88.2 Å². The fourth-order valence-corrected chi connectivity index (χ4v) is 2.54. The molecule has 0 aliphatic rings. The fourth-order valence-electron chi connectivity index (χ4n) is 2.54. The number of phenols is 1. The van der Waals surface area contributed by atoms with Crippen molar-refractivity contribution in [1.82, 2.24) is 14.8 Å². The molecule has 3 rings (SSSR count). The van der Waals surface area contributed by atoms with Crippen LogP contribution < -0.4 is 10.2 Å². The molecule has 25 heavy (non-hydrogen) atoms. The minimum atomic E-state index is -0.349. The lowest BCUT2D eigenvalue weighted by Crippen LogP contribution is -2.20. The Morgan fingerprint density at radius 3 is 2.88 bits per heavy atom. The monoisotopic (exact) mass is 338 g/mol. The summed E-state index contributed by atoms with van der Waals surface area (Å²) in [5.41, 5.74) is 5.99. The van der Waals surface area contributed by atoms with Gasteiger partial charge in [0.1, 0.15) is 11.3 Å². The van der Waals surface area contributed by atoms with Crippen LogP contribution in [0.15, 0.2) is 41.6 Å². The van der Waals surface area contributed by atoms with Crippen molar-refractivity contribution in [1.29, 1.82) is 0 Å². The lowest BCUT2D eigenvalue weighted by atomic mass is 10.2. The van der Waals surface area contributed by atoms with E-state index in [2.05, 4.69) is 15.5 Å². The quantitative estimate of drug-likeness (QED) is 0.565. The van der Waals surface area contributed by atoms with Gasteiger partial charge in [-0.25, -0.2) is 10.4 Å². The maximum absolute atomic E-state index is 12.5. The molecular weight excluding hydrogens is 320 g/mol. The van der Waals surface area contributed by atoms with Crippen molar-refractivity contribution in [2.75, 3.05) is 7.11 Å². The summed E-state index contributed by atoms with van der Waals surface area (Å²) < 4.78 is 6.79. The number of fused-ring (bicyclic) bond motifs is 1. The summed E-state index contributed by atoms with van der Waals surface area (Å²) in [4.78, 5) is 16.8. The van der Waals surface area contributed by atoms with Gasteiger partial charge in [0.2, 0.25) is 0 Å². The minimum Gasteiger partial charge on any atom is -0.504 e. The fraction of sp³-hybridized carbons (Fsp3) is 0.167. The molecule has 7 nitrogen and oxygen atoms in total. The first-order valence-corrected chi connectivity index (χ1v) is 7.65. The van der Waals surface area contributed by atoms with Gasteiger partial charge in [0.05, 0.1) is 19.0 Å². The van der Waals surface area contributed by atoms with Crippen molar-refractivity contribution in [3.05, 3.63) is 59.0 Å². The van der Waals surface area contributed by atoms with Crippen LogP contribution in [0.4, 0.5) is 0 Å². The van der Waals surface area contributed by atoms with E-state index in [1.807, 2.05) is 25.3 Å². The van der Waals surface area contributed by atoms with Crippen LogP contribution in [0.1, 0.15) is 27.3 Å². The van der Waals surface area contributed by atoms with Gasteiger partial charge in [0.15, 0.2) is 11.5 Å². The number of ether oxygens (including phenoxy) is 1. The zero-order valence-corrected chi connectivity index (χ0v) is 14.1. The Balaban J connectivity index is 1.81. The molecule has 1 aromatic carbocycles. The number of hydrogen-bond acceptors (Lipinski definition) is 5. The summed E-state index contributed by atoms with van der Waals surface area (Å²) in [7, 11) is 1.47. The number of carbonyl (C=O) groups is 1. The zero-order valence-electron chi connectivity index (χ0n) is 14.1. The van der Waals surface area contributed by atoms with Crippen molar-refractivity contribution in [2.45, 2.75) is 13.8 Å². The van der Waals surface area contributed by atoms with Gasteiger partial charge in [-0.15, -0.1) is 0 Å². The van der Waals surface area contributed by atoms with Gasteiger partial charge < -0.3 is 9.84 Å². The number of imidazole rings is 1.